The van der Waals surface area contributed by atoms with Crippen LogP contribution < -0.4 is 16.6 Å². The number of rotatable bonds is 4. The highest BCUT2D eigenvalue weighted by Gasteiger charge is 2.32. The van der Waals surface area contributed by atoms with Gasteiger partial charge in [0.15, 0.2) is 0 Å². The van der Waals surface area contributed by atoms with E-state index >= 15 is 0 Å². The molecule has 0 aliphatic rings. The van der Waals surface area contributed by atoms with Crippen molar-refractivity contribution in [2.75, 3.05) is 6.54 Å². The standard InChI is InChI=1S/C12H17F3N4/c1-2-7-17-11(19-16)18-8-9-5-3-4-6-10(9)12(13,14)15/h3-6H,2,7-8,16H2,1H3,(H2,17,18,19). The SMILES string of the molecule is CCCNC(=NCc1ccccc1C(F)(F)F)NN. The van der Waals surface area contributed by atoms with Crippen molar-refractivity contribution < 1.29 is 13.2 Å². The van der Waals surface area contributed by atoms with Gasteiger partial charge in [-0.05, 0) is 18.1 Å². The van der Waals surface area contributed by atoms with Crippen molar-refractivity contribution in [2.24, 2.45) is 10.8 Å². The maximum absolute atomic E-state index is 12.8. The smallest absolute Gasteiger partial charge is 0.355 e. The molecular formula is C12H17F3N4. The molecular weight excluding hydrogens is 257 g/mol. The second-order valence-electron chi connectivity index (χ2n) is 3.89. The minimum absolute atomic E-state index is 0.0913. The Balaban J connectivity index is 2.84. The van der Waals surface area contributed by atoms with Crippen molar-refractivity contribution in [3.8, 4) is 0 Å². The number of nitrogens with zero attached hydrogens (tertiary/aromatic N) is 1. The first kappa shape index (κ1) is 15.3. The van der Waals surface area contributed by atoms with Crippen molar-refractivity contribution in [3.05, 3.63) is 35.4 Å². The summed E-state index contributed by atoms with van der Waals surface area (Å²) < 4.78 is 38.3. The van der Waals surface area contributed by atoms with Crippen LogP contribution in [0.4, 0.5) is 13.2 Å². The Morgan fingerprint density at radius 1 is 1.32 bits per heavy atom. The molecule has 1 aromatic carbocycles. The number of benzene rings is 1. The summed E-state index contributed by atoms with van der Waals surface area (Å²) in [6.45, 7) is 2.51. The molecule has 0 aliphatic heterocycles. The average molecular weight is 274 g/mol. The molecule has 0 heterocycles. The fraction of sp³-hybridized carbons (Fsp3) is 0.417. The van der Waals surface area contributed by atoms with Gasteiger partial charge in [0.25, 0.3) is 0 Å². The molecule has 0 atom stereocenters. The molecule has 0 bridgehead atoms. The second kappa shape index (κ2) is 6.98. The number of nitrogens with two attached hydrogens (primary N) is 1. The summed E-state index contributed by atoms with van der Waals surface area (Å²) in [5.41, 5.74) is 1.76. The zero-order valence-electron chi connectivity index (χ0n) is 10.6. The van der Waals surface area contributed by atoms with Crippen LogP contribution in [0.25, 0.3) is 0 Å². The average Bonchev–Trinajstić information content (AvgIpc) is 2.38. The summed E-state index contributed by atoms with van der Waals surface area (Å²) >= 11 is 0. The van der Waals surface area contributed by atoms with E-state index in [9.17, 15) is 13.2 Å². The van der Waals surface area contributed by atoms with Crippen molar-refractivity contribution in [2.45, 2.75) is 26.1 Å². The molecule has 0 unspecified atom stereocenters. The minimum atomic E-state index is -4.38. The zero-order valence-corrected chi connectivity index (χ0v) is 10.6. The van der Waals surface area contributed by atoms with Crippen LogP contribution in [0.1, 0.15) is 24.5 Å². The number of halogens is 3. The van der Waals surface area contributed by atoms with Gasteiger partial charge in [-0.2, -0.15) is 13.2 Å². The summed E-state index contributed by atoms with van der Waals surface area (Å²) in [5, 5.41) is 2.88. The van der Waals surface area contributed by atoms with Crippen LogP contribution >= 0.6 is 0 Å². The molecule has 0 radical (unpaired) electrons. The molecule has 1 aromatic rings. The molecule has 0 spiro atoms. The lowest BCUT2D eigenvalue weighted by atomic mass is 10.1. The fourth-order valence-electron chi connectivity index (χ4n) is 1.49. The largest absolute Gasteiger partial charge is 0.416 e. The number of hydrogen-bond donors (Lipinski definition) is 3. The molecule has 0 saturated heterocycles. The van der Waals surface area contributed by atoms with Gasteiger partial charge in [0, 0.05) is 6.54 Å². The Hall–Kier alpha value is -1.76. The summed E-state index contributed by atoms with van der Waals surface area (Å²) in [4.78, 5) is 3.99. The van der Waals surface area contributed by atoms with E-state index in [4.69, 9.17) is 5.84 Å². The maximum Gasteiger partial charge on any atom is 0.416 e. The van der Waals surface area contributed by atoms with E-state index in [0.29, 0.717) is 6.54 Å². The van der Waals surface area contributed by atoms with Crippen LogP contribution in [-0.2, 0) is 12.7 Å². The highest BCUT2D eigenvalue weighted by molar-refractivity contribution is 5.79. The van der Waals surface area contributed by atoms with Crippen molar-refractivity contribution in [3.63, 3.8) is 0 Å². The van der Waals surface area contributed by atoms with Crippen molar-refractivity contribution in [1.29, 1.82) is 0 Å². The Bertz CT molecular complexity index is 429. The highest BCUT2D eigenvalue weighted by Crippen LogP contribution is 2.32. The normalized spacial score (nSPS) is 12.4. The topological polar surface area (TPSA) is 62.4 Å². The number of hydrogen-bond acceptors (Lipinski definition) is 2. The predicted molar refractivity (Wildman–Crippen MR) is 68.2 cm³/mol. The quantitative estimate of drug-likeness (QED) is 0.341. The molecule has 106 valence electrons. The van der Waals surface area contributed by atoms with E-state index < -0.39 is 11.7 Å². The maximum atomic E-state index is 12.8. The van der Waals surface area contributed by atoms with Gasteiger partial charge >= 0.3 is 6.18 Å². The van der Waals surface area contributed by atoms with Crippen LogP contribution in [0.5, 0.6) is 0 Å². The molecule has 0 aliphatic carbocycles. The summed E-state index contributed by atoms with van der Waals surface area (Å²) in [7, 11) is 0. The van der Waals surface area contributed by atoms with Crippen LogP contribution in [-0.4, -0.2) is 12.5 Å². The summed E-state index contributed by atoms with van der Waals surface area (Å²) in [5.74, 6) is 5.51. The second-order valence-corrected chi connectivity index (χ2v) is 3.89. The number of aliphatic imine (C=N–C) groups is 1. The Labute approximate surface area is 109 Å². The van der Waals surface area contributed by atoms with Gasteiger partial charge in [-0.15, -0.1) is 0 Å². The summed E-state index contributed by atoms with van der Waals surface area (Å²) in [6.07, 6.45) is -3.51. The number of nitrogens with one attached hydrogen (secondary N) is 2. The van der Waals surface area contributed by atoms with Crippen molar-refractivity contribution >= 4 is 5.96 Å². The molecule has 0 amide bonds. The molecule has 7 heteroatoms. The van der Waals surface area contributed by atoms with Crippen LogP contribution in [0.15, 0.2) is 29.3 Å². The third kappa shape index (κ3) is 4.78. The summed E-state index contributed by atoms with van der Waals surface area (Å²) in [6, 6.07) is 5.35. The predicted octanol–water partition coefficient (Wildman–Crippen LogP) is 2.02. The molecule has 0 aromatic heterocycles. The number of guanidine groups is 1. The van der Waals surface area contributed by atoms with E-state index in [0.717, 1.165) is 12.5 Å². The van der Waals surface area contributed by atoms with Crippen LogP contribution in [0.3, 0.4) is 0 Å². The third-order valence-electron chi connectivity index (χ3n) is 2.41. The third-order valence-corrected chi connectivity index (χ3v) is 2.41. The van der Waals surface area contributed by atoms with Crippen LogP contribution in [0.2, 0.25) is 0 Å². The van der Waals surface area contributed by atoms with Gasteiger partial charge in [0.2, 0.25) is 5.96 Å². The van der Waals surface area contributed by atoms with Gasteiger partial charge in [-0.1, -0.05) is 25.1 Å². The lowest BCUT2D eigenvalue weighted by Crippen LogP contribution is -2.41. The molecule has 19 heavy (non-hydrogen) atoms. The number of alkyl halides is 3. The Morgan fingerprint density at radius 3 is 2.58 bits per heavy atom. The molecule has 4 N–H and O–H groups in total. The van der Waals surface area contributed by atoms with E-state index in [1.54, 1.807) is 6.07 Å². The van der Waals surface area contributed by atoms with E-state index in [1.807, 2.05) is 6.92 Å². The van der Waals surface area contributed by atoms with Crippen LogP contribution in [0, 0.1) is 0 Å². The molecule has 4 nitrogen and oxygen atoms in total. The van der Waals surface area contributed by atoms with Gasteiger partial charge in [0.05, 0.1) is 12.1 Å². The van der Waals surface area contributed by atoms with Gasteiger partial charge in [-0.25, -0.2) is 10.8 Å². The highest BCUT2D eigenvalue weighted by atomic mass is 19.4. The molecule has 0 fully saturated rings. The lowest BCUT2D eigenvalue weighted by molar-refractivity contribution is -0.138. The first-order chi connectivity index (χ1) is 8.99. The monoisotopic (exact) mass is 274 g/mol. The fourth-order valence-corrected chi connectivity index (χ4v) is 1.49. The molecule has 0 saturated carbocycles. The van der Waals surface area contributed by atoms with Gasteiger partial charge in [-0.3, -0.25) is 5.43 Å². The lowest BCUT2D eigenvalue weighted by Gasteiger charge is -2.12. The van der Waals surface area contributed by atoms with E-state index in [2.05, 4.69) is 15.7 Å². The van der Waals surface area contributed by atoms with Gasteiger partial charge in [0.1, 0.15) is 0 Å². The molecule has 1 rings (SSSR count). The number of hydrazine groups is 1. The first-order valence-electron chi connectivity index (χ1n) is 5.89. The van der Waals surface area contributed by atoms with E-state index in [1.165, 1.54) is 12.1 Å². The van der Waals surface area contributed by atoms with Gasteiger partial charge < -0.3 is 5.32 Å². The van der Waals surface area contributed by atoms with E-state index in [-0.39, 0.29) is 18.1 Å². The minimum Gasteiger partial charge on any atom is -0.355 e. The zero-order chi connectivity index (χ0) is 14.3. The first-order valence-corrected chi connectivity index (χ1v) is 5.89. The Kier molecular flexibility index (Phi) is 5.62. The van der Waals surface area contributed by atoms with Crippen molar-refractivity contribution in [1.82, 2.24) is 10.7 Å². The Morgan fingerprint density at radius 2 is 2.00 bits per heavy atom.